The zero-order valence-electron chi connectivity index (χ0n) is 13.7. The van der Waals surface area contributed by atoms with Gasteiger partial charge in [0.05, 0.1) is 0 Å². The number of nitrogens with one attached hydrogen (secondary N) is 1. The van der Waals surface area contributed by atoms with E-state index < -0.39 is 6.36 Å². The van der Waals surface area contributed by atoms with Crippen molar-refractivity contribution in [2.75, 3.05) is 26.2 Å². The van der Waals surface area contributed by atoms with E-state index >= 15 is 0 Å². The summed E-state index contributed by atoms with van der Waals surface area (Å²) in [5.74, 6) is -0.148. The van der Waals surface area contributed by atoms with E-state index in [9.17, 15) is 13.2 Å². The summed E-state index contributed by atoms with van der Waals surface area (Å²) in [6.07, 6.45) is -4.12. The fourth-order valence-corrected chi connectivity index (χ4v) is 3.14. The first-order chi connectivity index (χ1) is 10.8. The smallest absolute Gasteiger partial charge is 0.405 e. The first-order valence-corrected chi connectivity index (χ1v) is 8.20. The number of halogens is 6. The molecule has 1 aromatic carbocycles. The Balaban J connectivity index is 0.00000288. The standard InChI is InChI=1S/C16H20BrF3N2O.2ClH/c1-11(2)9-14(22-7-5-21-6-8-22)13-10-12(17)3-4-15(13)23-16(18,19)20;;/h3-4,10,14,21H,1,5-9H2,2H3;2*1H/t14-;;/m0../s1. The van der Waals surface area contributed by atoms with Crippen molar-refractivity contribution in [2.45, 2.75) is 25.7 Å². The number of benzene rings is 1. The minimum Gasteiger partial charge on any atom is -0.405 e. The van der Waals surface area contributed by atoms with Gasteiger partial charge in [0.2, 0.25) is 0 Å². The minimum atomic E-state index is -4.71. The Morgan fingerprint density at radius 2 is 1.92 bits per heavy atom. The summed E-state index contributed by atoms with van der Waals surface area (Å²) >= 11 is 3.34. The predicted octanol–water partition coefficient (Wildman–Crippen LogP) is 5.10. The van der Waals surface area contributed by atoms with Crippen molar-refractivity contribution in [3.05, 3.63) is 40.4 Å². The highest BCUT2D eigenvalue weighted by Crippen LogP contribution is 2.38. The average molecular weight is 466 g/mol. The van der Waals surface area contributed by atoms with E-state index in [0.717, 1.165) is 36.2 Å². The summed E-state index contributed by atoms with van der Waals surface area (Å²) in [5.41, 5.74) is 1.45. The summed E-state index contributed by atoms with van der Waals surface area (Å²) in [5, 5.41) is 3.25. The van der Waals surface area contributed by atoms with Crippen molar-refractivity contribution in [1.82, 2.24) is 10.2 Å². The molecule has 0 amide bonds. The Morgan fingerprint density at radius 3 is 2.44 bits per heavy atom. The lowest BCUT2D eigenvalue weighted by Gasteiger charge is -2.36. The fraction of sp³-hybridized carbons (Fsp3) is 0.500. The molecule has 0 unspecified atom stereocenters. The summed E-state index contributed by atoms with van der Waals surface area (Å²) in [7, 11) is 0. The Labute approximate surface area is 166 Å². The van der Waals surface area contributed by atoms with E-state index in [1.54, 1.807) is 12.1 Å². The molecule has 3 nitrogen and oxygen atoms in total. The molecule has 1 fully saturated rings. The Bertz CT molecular complexity index is 567. The van der Waals surface area contributed by atoms with Crippen LogP contribution in [0.3, 0.4) is 0 Å². The van der Waals surface area contributed by atoms with Crippen LogP contribution in [0, 0.1) is 0 Å². The normalized spacial score (nSPS) is 16.4. The second-order valence-electron chi connectivity index (χ2n) is 5.69. The monoisotopic (exact) mass is 464 g/mol. The van der Waals surface area contributed by atoms with Gasteiger partial charge in [0.25, 0.3) is 0 Å². The highest BCUT2D eigenvalue weighted by Gasteiger charge is 2.34. The van der Waals surface area contributed by atoms with Crippen LogP contribution in [-0.4, -0.2) is 37.4 Å². The van der Waals surface area contributed by atoms with Crippen molar-refractivity contribution < 1.29 is 17.9 Å². The molecular weight excluding hydrogens is 444 g/mol. The van der Waals surface area contributed by atoms with Crippen molar-refractivity contribution in [1.29, 1.82) is 0 Å². The molecule has 0 aromatic heterocycles. The molecule has 1 N–H and O–H groups in total. The van der Waals surface area contributed by atoms with Crippen LogP contribution in [0.15, 0.2) is 34.8 Å². The molecule has 1 heterocycles. The number of piperazine rings is 1. The van der Waals surface area contributed by atoms with E-state index in [-0.39, 0.29) is 36.6 Å². The molecule has 1 atom stereocenters. The molecule has 9 heteroatoms. The summed E-state index contributed by atoms with van der Waals surface area (Å²) in [4.78, 5) is 2.18. The van der Waals surface area contributed by atoms with Crippen molar-refractivity contribution in [2.24, 2.45) is 0 Å². The van der Waals surface area contributed by atoms with Crippen molar-refractivity contribution in [3.63, 3.8) is 0 Å². The highest BCUT2D eigenvalue weighted by molar-refractivity contribution is 9.10. The van der Waals surface area contributed by atoms with Gasteiger partial charge in [0.15, 0.2) is 0 Å². The number of ether oxygens (including phenoxy) is 1. The molecule has 0 radical (unpaired) electrons. The van der Waals surface area contributed by atoms with Crippen LogP contribution in [0.5, 0.6) is 5.75 Å². The third-order valence-electron chi connectivity index (χ3n) is 3.69. The zero-order valence-corrected chi connectivity index (χ0v) is 17.0. The molecule has 2 rings (SSSR count). The maximum absolute atomic E-state index is 12.7. The first-order valence-electron chi connectivity index (χ1n) is 7.40. The first kappa shape index (κ1) is 24.5. The van der Waals surface area contributed by atoms with E-state index in [1.807, 2.05) is 6.92 Å². The van der Waals surface area contributed by atoms with Gasteiger partial charge < -0.3 is 10.1 Å². The molecule has 1 aromatic rings. The fourth-order valence-electron chi connectivity index (χ4n) is 2.76. The molecule has 0 bridgehead atoms. The molecule has 1 aliphatic rings. The van der Waals surface area contributed by atoms with Crippen LogP contribution in [0.25, 0.3) is 0 Å². The number of hydrogen-bond acceptors (Lipinski definition) is 3. The van der Waals surface area contributed by atoms with Crippen LogP contribution < -0.4 is 10.1 Å². The Hall–Kier alpha value is -0.470. The van der Waals surface area contributed by atoms with E-state index in [2.05, 4.69) is 37.5 Å². The van der Waals surface area contributed by atoms with Crippen molar-refractivity contribution >= 4 is 40.7 Å². The second kappa shape index (κ2) is 10.6. The highest BCUT2D eigenvalue weighted by atomic mass is 79.9. The molecule has 0 spiro atoms. The largest absolute Gasteiger partial charge is 0.573 e. The number of alkyl halides is 3. The Kier molecular flexibility index (Phi) is 10.4. The molecule has 1 saturated heterocycles. The van der Waals surface area contributed by atoms with Gasteiger partial charge in [-0.15, -0.1) is 44.6 Å². The zero-order chi connectivity index (χ0) is 17.0. The van der Waals surface area contributed by atoms with Crippen molar-refractivity contribution in [3.8, 4) is 5.75 Å². The lowest BCUT2D eigenvalue weighted by molar-refractivity contribution is -0.275. The van der Waals surface area contributed by atoms with Gasteiger partial charge in [-0.1, -0.05) is 21.5 Å². The molecule has 0 aliphatic carbocycles. The predicted molar refractivity (Wildman–Crippen MR) is 102 cm³/mol. The number of rotatable bonds is 5. The SMILES string of the molecule is C=C(C)C[C@@H](c1cc(Br)ccc1OC(F)(F)F)N1CCNCC1.Cl.Cl. The van der Waals surface area contributed by atoms with Gasteiger partial charge >= 0.3 is 6.36 Å². The summed E-state index contributed by atoms with van der Waals surface area (Å²) < 4.78 is 43.1. The van der Waals surface area contributed by atoms with E-state index in [0.29, 0.717) is 12.0 Å². The minimum absolute atomic E-state index is 0. The lowest BCUT2D eigenvalue weighted by atomic mass is 9.97. The molecule has 144 valence electrons. The third-order valence-corrected chi connectivity index (χ3v) is 4.18. The maximum Gasteiger partial charge on any atom is 0.573 e. The van der Waals surface area contributed by atoms with Gasteiger partial charge in [0.1, 0.15) is 5.75 Å². The maximum atomic E-state index is 12.7. The quantitative estimate of drug-likeness (QED) is 0.612. The third kappa shape index (κ3) is 7.74. The van der Waals surface area contributed by atoms with Crippen LogP contribution in [0.2, 0.25) is 0 Å². The van der Waals surface area contributed by atoms with Gasteiger partial charge in [-0.3, -0.25) is 4.90 Å². The summed E-state index contributed by atoms with van der Waals surface area (Å²) in [6.45, 7) is 8.99. The number of nitrogens with zero attached hydrogens (tertiary/aromatic N) is 1. The lowest BCUT2D eigenvalue weighted by Crippen LogP contribution is -2.45. The van der Waals surface area contributed by atoms with Gasteiger partial charge in [-0.2, -0.15) is 0 Å². The Morgan fingerprint density at radius 1 is 1.32 bits per heavy atom. The van der Waals surface area contributed by atoms with Gasteiger partial charge in [0, 0.05) is 42.3 Å². The molecule has 1 aliphatic heterocycles. The van der Waals surface area contributed by atoms with Crippen LogP contribution in [0.4, 0.5) is 13.2 Å². The average Bonchev–Trinajstić information content (AvgIpc) is 2.46. The van der Waals surface area contributed by atoms with Crippen LogP contribution in [0.1, 0.15) is 24.9 Å². The van der Waals surface area contributed by atoms with Gasteiger partial charge in [-0.05, 0) is 31.5 Å². The second-order valence-corrected chi connectivity index (χ2v) is 6.61. The van der Waals surface area contributed by atoms with Crippen LogP contribution in [-0.2, 0) is 0 Å². The van der Waals surface area contributed by atoms with Crippen LogP contribution >= 0.6 is 40.7 Å². The van der Waals surface area contributed by atoms with E-state index in [4.69, 9.17) is 0 Å². The van der Waals surface area contributed by atoms with Gasteiger partial charge in [-0.25, -0.2) is 0 Å². The molecule has 0 saturated carbocycles. The number of hydrogen-bond donors (Lipinski definition) is 1. The molecule has 25 heavy (non-hydrogen) atoms. The molecular formula is C16H22BrCl2F3N2O. The van der Waals surface area contributed by atoms with E-state index in [1.165, 1.54) is 6.07 Å². The summed E-state index contributed by atoms with van der Waals surface area (Å²) in [6, 6.07) is 4.43. The topological polar surface area (TPSA) is 24.5 Å².